The van der Waals surface area contributed by atoms with E-state index in [1.165, 1.54) is 33.3 Å². The molecule has 9 nitrogen and oxygen atoms in total. The summed E-state index contributed by atoms with van der Waals surface area (Å²) in [7, 11) is 5.89. The number of β-lactam (4-membered cyclic amide) rings is 1. The number of imide groups is 1. The first-order valence-corrected chi connectivity index (χ1v) is 13.1. The lowest BCUT2D eigenvalue weighted by molar-refractivity contribution is -0.130. The first-order chi connectivity index (χ1) is 19.1. The molecule has 13 heteroatoms. The molecule has 208 valence electrons. The summed E-state index contributed by atoms with van der Waals surface area (Å²) in [5, 5.41) is -0.794. The van der Waals surface area contributed by atoms with Crippen LogP contribution in [0.25, 0.3) is 0 Å². The summed E-state index contributed by atoms with van der Waals surface area (Å²) in [6, 6.07) is 7.91. The van der Waals surface area contributed by atoms with Gasteiger partial charge in [0, 0.05) is 5.69 Å². The number of carbonyl (C=O) groups is 3. The van der Waals surface area contributed by atoms with Crippen molar-refractivity contribution in [3.05, 3.63) is 73.2 Å². The van der Waals surface area contributed by atoms with Crippen molar-refractivity contribution >= 4 is 69.8 Å². The van der Waals surface area contributed by atoms with Crippen molar-refractivity contribution in [1.29, 1.82) is 0 Å². The number of anilines is 1. The number of fused-ring (bicyclic) bond motifs is 1. The lowest BCUT2D eigenvalue weighted by Crippen LogP contribution is -2.67. The van der Waals surface area contributed by atoms with Gasteiger partial charge in [-0.3, -0.25) is 19.3 Å². The number of rotatable bonds is 7. The molecule has 2 aliphatic rings. The third kappa shape index (κ3) is 4.03. The highest BCUT2D eigenvalue weighted by molar-refractivity contribution is 6.55. The zero-order chi connectivity index (χ0) is 29.0. The van der Waals surface area contributed by atoms with Crippen LogP contribution in [0.5, 0.6) is 23.0 Å². The van der Waals surface area contributed by atoms with Gasteiger partial charge < -0.3 is 23.8 Å². The molecule has 0 bridgehead atoms. The largest absolute Gasteiger partial charge is 0.497 e. The molecule has 0 aliphatic carbocycles. The van der Waals surface area contributed by atoms with Crippen molar-refractivity contribution in [2.45, 2.75) is 12.1 Å². The topological polar surface area (TPSA) is 94.6 Å². The number of hydrogen-bond acceptors (Lipinski definition) is 7. The van der Waals surface area contributed by atoms with E-state index in [1.54, 1.807) is 36.4 Å². The van der Waals surface area contributed by atoms with Gasteiger partial charge in [-0.15, -0.1) is 0 Å². The number of carbonyl (C=O) groups excluding carboxylic acids is 3. The van der Waals surface area contributed by atoms with Gasteiger partial charge in [0.05, 0.1) is 65.7 Å². The van der Waals surface area contributed by atoms with Gasteiger partial charge in [0.15, 0.2) is 11.5 Å². The molecule has 3 aromatic carbocycles. The third-order valence-corrected chi connectivity index (χ3v) is 8.66. The molecule has 1 fully saturated rings. The van der Waals surface area contributed by atoms with Crippen LogP contribution in [0, 0.1) is 0 Å². The fraction of sp³-hybridized carbons (Fsp3) is 0.222. The van der Waals surface area contributed by atoms with Gasteiger partial charge >= 0.3 is 0 Å². The van der Waals surface area contributed by atoms with E-state index in [9.17, 15) is 14.4 Å². The maximum atomic E-state index is 13.8. The fourth-order valence-corrected chi connectivity index (χ4v) is 5.99. The van der Waals surface area contributed by atoms with Crippen LogP contribution in [0.15, 0.2) is 36.4 Å². The lowest BCUT2D eigenvalue weighted by Gasteiger charge is -2.49. The first-order valence-electron chi connectivity index (χ1n) is 11.6. The van der Waals surface area contributed by atoms with Crippen LogP contribution in [0.4, 0.5) is 5.69 Å². The van der Waals surface area contributed by atoms with E-state index in [-0.39, 0.29) is 31.2 Å². The van der Waals surface area contributed by atoms with E-state index in [0.717, 1.165) is 4.90 Å². The first kappa shape index (κ1) is 28.2. The summed E-state index contributed by atoms with van der Waals surface area (Å²) >= 11 is 25.0. The van der Waals surface area contributed by atoms with Crippen LogP contribution in [0.3, 0.4) is 0 Å². The van der Waals surface area contributed by atoms with Gasteiger partial charge in [-0.25, -0.2) is 0 Å². The second-order valence-corrected chi connectivity index (χ2v) is 10.3. The predicted molar refractivity (Wildman–Crippen MR) is 150 cm³/mol. The molecule has 2 heterocycles. The van der Waals surface area contributed by atoms with Gasteiger partial charge in [0.2, 0.25) is 5.75 Å². The van der Waals surface area contributed by atoms with Crippen LogP contribution in [0.2, 0.25) is 20.1 Å². The van der Waals surface area contributed by atoms with Crippen molar-refractivity contribution in [1.82, 2.24) is 4.90 Å². The molecule has 0 saturated carbocycles. The molecule has 5 rings (SSSR count). The summed E-state index contributed by atoms with van der Waals surface area (Å²) in [5.74, 6) is -0.631. The molecule has 0 N–H and O–H groups in total. The second kappa shape index (κ2) is 10.6. The Labute approximate surface area is 248 Å². The minimum Gasteiger partial charge on any atom is -0.497 e. The molecule has 40 heavy (non-hydrogen) atoms. The van der Waals surface area contributed by atoms with Crippen molar-refractivity contribution < 1.29 is 33.3 Å². The van der Waals surface area contributed by atoms with Crippen molar-refractivity contribution in [2.75, 3.05) is 33.3 Å². The van der Waals surface area contributed by atoms with Crippen LogP contribution < -0.4 is 23.8 Å². The SMILES string of the molecule is COc1ccc(N2C(=O)[C@@H](N3C(=O)c4c(Cl)c(Cl)c(Cl)c(Cl)c4C3=O)[C@H]2c2cc(OC)c(OC)c(OC)c2)cc1. The van der Waals surface area contributed by atoms with Crippen LogP contribution >= 0.6 is 46.4 Å². The number of amides is 3. The van der Waals surface area contributed by atoms with Crippen LogP contribution in [-0.2, 0) is 4.79 Å². The Morgan fingerprint density at radius 3 is 1.55 bits per heavy atom. The van der Waals surface area contributed by atoms with Crippen molar-refractivity contribution in [2.24, 2.45) is 0 Å². The molecule has 0 aromatic heterocycles. The molecule has 0 spiro atoms. The highest BCUT2D eigenvalue weighted by Gasteiger charge is 2.58. The van der Waals surface area contributed by atoms with Gasteiger partial charge in [0.1, 0.15) is 11.8 Å². The third-order valence-electron chi connectivity index (χ3n) is 6.86. The average molecular weight is 626 g/mol. The van der Waals surface area contributed by atoms with E-state index in [4.69, 9.17) is 65.4 Å². The maximum Gasteiger partial charge on any atom is 0.264 e. The standard InChI is InChI=1S/C27H20Cl4N2O7/c1-37-13-7-5-12(6-8-13)32-22(11-9-14(38-2)24(40-4)15(10-11)39-3)23(27(32)36)33-25(34)16-17(26(33)35)19(29)21(31)20(30)18(16)28/h5-10,22-23H,1-4H3/t22-,23+/m1/s1. The zero-order valence-corrected chi connectivity index (χ0v) is 24.4. The fourth-order valence-electron chi connectivity index (χ4n) is 4.98. The quantitative estimate of drug-likeness (QED) is 0.136. The average Bonchev–Trinajstić information content (AvgIpc) is 3.22. The summed E-state index contributed by atoms with van der Waals surface area (Å²) in [4.78, 5) is 43.5. The minimum absolute atomic E-state index is 0.170. The summed E-state index contributed by atoms with van der Waals surface area (Å²) < 4.78 is 21.7. The maximum absolute atomic E-state index is 13.8. The molecule has 2 aliphatic heterocycles. The monoisotopic (exact) mass is 624 g/mol. The Kier molecular flexibility index (Phi) is 7.43. The molecule has 3 aromatic rings. The predicted octanol–water partition coefficient (Wildman–Crippen LogP) is 6.09. The van der Waals surface area contributed by atoms with Crippen molar-refractivity contribution in [3.63, 3.8) is 0 Å². The summed E-state index contributed by atoms with van der Waals surface area (Å²) in [6.45, 7) is 0. The number of nitrogens with zero attached hydrogens (tertiary/aromatic N) is 2. The second-order valence-electron chi connectivity index (χ2n) is 8.74. The van der Waals surface area contributed by atoms with E-state index in [2.05, 4.69) is 0 Å². The molecular weight excluding hydrogens is 606 g/mol. The lowest BCUT2D eigenvalue weighted by atomic mass is 9.86. The number of hydrogen-bond donors (Lipinski definition) is 0. The minimum atomic E-state index is -1.28. The normalized spacial score (nSPS) is 18.1. The van der Waals surface area contributed by atoms with E-state index >= 15 is 0 Å². The highest BCUT2D eigenvalue weighted by Crippen LogP contribution is 2.51. The van der Waals surface area contributed by atoms with Gasteiger partial charge in [-0.1, -0.05) is 46.4 Å². The number of methoxy groups -OCH3 is 4. The van der Waals surface area contributed by atoms with Gasteiger partial charge in [0.25, 0.3) is 17.7 Å². The molecule has 0 radical (unpaired) electrons. The Morgan fingerprint density at radius 2 is 1.12 bits per heavy atom. The van der Waals surface area contributed by atoms with Gasteiger partial charge in [-0.05, 0) is 42.0 Å². The number of ether oxygens (including phenoxy) is 4. The Morgan fingerprint density at radius 1 is 0.625 bits per heavy atom. The molecule has 3 amide bonds. The molecule has 2 atom stereocenters. The zero-order valence-electron chi connectivity index (χ0n) is 21.4. The van der Waals surface area contributed by atoms with Crippen LogP contribution in [0.1, 0.15) is 32.3 Å². The summed E-state index contributed by atoms with van der Waals surface area (Å²) in [6.07, 6.45) is 0. The highest BCUT2D eigenvalue weighted by atomic mass is 35.5. The van der Waals surface area contributed by atoms with Gasteiger partial charge in [-0.2, -0.15) is 0 Å². The van der Waals surface area contributed by atoms with E-state index in [0.29, 0.717) is 34.2 Å². The Balaban J connectivity index is 1.68. The summed E-state index contributed by atoms with van der Waals surface area (Å²) in [5.41, 5.74) is 0.565. The Hall–Kier alpha value is -3.37. The number of halogens is 4. The molecule has 0 unspecified atom stereocenters. The molecular formula is C27H20Cl4N2O7. The Bertz CT molecular complexity index is 1510. The smallest absolute Gasteiger partial charge is 0.264 e. The molecule has 1 saturated heterocycles. The van der Waals surface area contributed by atoms with Crippen LogP contribution in [-0.4, -0.2) is 57.1 Å². The van der Waals surface area contributed by atoms with E-state index in [1.807, 2.05) is 0 Å². The van der Waals surface area contributed by atoms with E-state index < -0.39 is 29.8 Å². The number of benzene rings is 3. The van der Waals surface area contributed by atoms with Crippen molar-refractivity contribution in [3.8, 4) is 23.0 Å².